The van der Waals surface area contributed by atoms with Crippen LogP contribution in [-0.4, -0.2) is 11.3 Å². The van der Waals surface area contributed by atoms with Gasteiger partial charge in [-0.2, -0.15) is 0 Å². The van der Waals surface area contributed by atoms with Crippen LogP contribution in [0.2, 0.25) is 0 Å². The van der Waals surface area contributed by atoms with Gasteiger partial charge in [0.15, 0.2) is 5.58 Å². The predicted molar refractivity (Wildman–Crippen MR) is 283 cm³/mol. The fourth-order valence-corrected chi connectivity index (χ4v) is 11.6. The van der Waals surface area contributed by atoms with Crippen molar-refractivity contribution in [2.45, 2.75) is 26.2 Å². The summed E-state index contributed by atoms with van der Waals surface area (Å²) in [6.45, 7) is 2.07. The van der Waals surface area contributed by atoms with E-state index in [1.165, 1.54) is 71.3 Å². The SMILES string of the molecule is CCCCc1ccc(N2c3ccc(N(c4ccccc4)c4ccccc4)cc3B3c4c(cc5c(oc6ccccc65)c42)-c2cccc4c5ccc6ccccc6c5n3c24)c(-c2ccccc2)c1. The van der Waals surface area contributed by atoms with Crippen LogP contribution in [0.3, 0.4) is 0 Å². The van der Waals surface area contributed by atoms with Crippen molar-refractivity contribution in [1.82, 2.24) is 4.48 Å². The Morgan fingerprint density at radius 2 is 1.18 bits per heavy atom. The van der Waals surface area contributed by atoms with Gasteiger partial charge in [0.05, 0.1) is 11.4 Å². The van der Waals surface area contributed by atoms with E-state index in [1.54, 1.807) is 0 Å². The molecule has 0 aliphatic carbocycles. The zero-order chi connectivity index (χ0) is 44.2. The number of unbranched alkanes of at least 4 members (excludes halogenated alkanes) is 1. The standard InChI is InChI=1S/C62H44BN3O/c1-2-3-18-40-31-35-55(51(37-40)41-19-7-4-8-20-41)65-56-36-33-45(64(43-22-9-5-10-23-43)44-24-11-6-12-25-44)38-54(56)63-58-52(39-53-47-27-15-16-30-57(47)67-62(53)61(58)65)49-29-17-28-48-50-34-32-42-21-13-14-26-46(42)59(50)66(63)60(48)49/h4-17,19-39H,2-3,18H2,1H3. The van der Waals surface area contributed by atoms with Gasteiger partial charge in [0.1, 0.15) is 5.58 Å². The second-order valence-corrected chi connectivity index (χ2v) is 18.2. The molecule has 0 amide bonds. The summed E-state index contributed by atoms with van der Waals surface area (Å²) in [6.07, 6.45) is 3.32. The van der Waals surface area contributed by atoms with E-state index in [0.717, 1.165) is 75.3 Å². The zero-order valence-corrected chi connectivity index (χ0v) is 37.2. The monoisotopic (exact) mass is 857 g/mol. The molecule has 2 aromatic heterocycles. The number of hydrogen-bond donors (Lipinski definition) is 0. The molecule has 0 fully saturated rings. The molecule has 2 aliphatic heterocycles. The van der Waals surface area contributed by atoms with Crippen molar-refractivity contribution in [1.29, 1.82) is 0 Å². The maximum Gasteiger partial charge on any atom is 0.333 e. The molecule has 0 atom stereocenters. The Balaban J connectivity index is 1.17. The molecule has 316 valence electrons. The van der Waals surface area contributed by atoms with Crippen LogP contribution in [0.1, 0.15) is 25.3 Å². The van der Waals surface area contributed by atoms with Crippen molar-refractivity contribution >= 4 is 106 Å². The fraction of sp³-hybridized carbons (Fsp3) is 0.0645. The van der Waals surface area contributed by atoms with E-state index in [9.17, 15) is 0 Å². The lowest BCUT2D eigenvalue weighted by molar-refractivity contribution is 0.669. The minimum absolute atomic E-state index is 0.202. The van der Waals surface area contributed by atoms with Crippen LogP contribution in [-0.2, 0) is 6.42 Å². The fourth-order valence-electron chi connectivity index (χ4n) is 11.6. The van der Waals surface area contributed by atoms with E-state index in [-0.39, 0.29) is 6.85 Å². The highest BCUT2D eigenvalue weighted by Gasteiger charge is 2.45. The average molecular weight is 858 g/mol. The highest BCUT2D eigenvalue weighted by molar-refractivity contribution is 6.90. The Kier molecular flexibility index (Phi) is 8.45. The van der Waals surface area contributed by atoms with E-state index < -0.39 is 0 Å². The maximum absolute atomic E-state index is 7.23. The van der Waals surface area contributed by atoms with Gasteiger partial charge in [-0.1, -0.05) is 159 Å². The van der Waals surface area contributed by atoms with Crippen LogP contribution in [0.25, 0.3) is 76.8 Å². The molecule has 10 aromatic carbocycles. The lowest BCUT2D eigenvalue weighted by Crippen LogP contribution is -2.56. The Morgan fingerprint density at radius 3 is 1.97 bits per heavy atom. The van der Waals surface area contributed by atoms with E-state index in [1.807, 2.05) is 0 Å². The first kappa shape index (κ1) is 38.0. The molecule has 4 nitrogen and oxygen atoms in total. The van der Waals surface area contributed by atoms with Gasteiger partial charge in [-0.25, -0.2) is 0 Å². The van der Waals surface area contributed by atoms with Crippen molar-refractivity contribution in [2.75, 3.05) is 9.80 Å². The molecular formula is C62H44BN3O. The molecule has 12 aromatic rings. The summed E-state index contributed by atoms with van der Waals surface area (Å²) < 4.78 is 9.93. The van der Waals surface area contributed by atoms with Crippen LogP contribution in [0.5, 0.6) is 0 Å². The Bertz CT molecular complexity index is 3890. The van der Waals surface area contributed by atoms with Gasteiger partial charge in [-0.05, 0) is 113 Å². The van der Waals surface area contributed by atoms with Crippen LogP contribution >= 0.6 is 0 Å². The number of furan rings is 1. The minimum atomic E-state index is -0.202. The number of hydrogen-bond acceptors (Lipinski definition) is 3. The summed E-state index contributed by atoms with van der Waals surface area (Å²) in [7, 11) is 0. The van der Waals surface area contributed by atoms with Crippen LogP contribution in [0.4, 0.5) is 34.1 Å². The molecule has 67 heavy (non-hydrogen) atoms. The number of para-hydroxylation sites is 4. The zero-order valence-electron chi connectivity index (χ0n) is 37.2. The summed E-state index contributed by atoms with van der Waals surface area (Å²) in [4.78, 5) is 4.96. The maximum atomic E-state index is 7.23. The highest BCUT2D eigenvalue weighted by atomic mass is 16.3. The Hall–Kier alpha value is -8.28. The van der Waals surface area contributed by atoms with Gasteiger partial charge in [-0.15, -0.1) is 0 Å². The molecule has 0 saturated carbocycles. The number of aromatic nitrogens is 1. The predicted octanol–water partition coefficient (Wildman–Crippen LogP) is 15.7. The molecule has 4 heterocycles. The number of rotatable bonds is 8. The average Bonchev–Trinajstić information content (AvgIpc) is 3.94. The third kappa shape index (κ3) is 5.61. The van der Waals surface area contributed by atoms with Crippen LogP contribution in [0.15, 0.2) is 217 Å². The third-order valence-electron chi connectivity index (χ3n) is 14.5. The Labute approximate surface area is 389 Å². The lowest BCUT2D eigenvalue weighted by atomic mass is 9.45. The van der Waals surface area contributed by atoms with Crippen molar-refractivity contribution < 1.29 is 4.42 Å². The van der Waals surface area contributed by atoms with E-state index in [2.05, 4.69) is 234 Å². The van der Waals surface area contributed by atoms with Crippen molar-refractivity contribution in [2.24, 2.45) is 0 Å². The minimum Gasteiger partial charge on any atom is -0.454 e. The quantitative estimate of drug-likeness (QED) is 0.142. The molecule has 0 N–H and O–H groups in total. The summed E-state index contributed by atoms with van der Waals surface area (Å²) in [5.41, 5.74) is 19.7. The lowest BCUT2D eigenvalue weighted by Gasteiger charge is -2.41. The molecule has 0 bridgehead atoms. The summed E-state index contributed by atoms with van der Waals surface area (Å²) in [6, 6.07) is 78.4. The van der Waals surface area contributed by atoms with Crippen molar-refractivity contribution in [3.8, 4) is 22.3 Å². The van der Waals surface area contributed by atoms with Crippen LogP contribution < -0.4 is 20.7 Å². The molecule has 0 radical (unpaired) electrons. The Morgan fingerprint density at radius 1 is 0.493 bits per heavy atom. The van der Waals surface area contributed by atoms with Gasteiger partial charge in [0.25, 0.3) is 0 Å². The van der Waals surface area contributed by atoms with E-state index >= 15 is 0 Å². The molecule has 14 rings (SSSR count). The first-order valence-corrected chi connectivity index (χ1v) is 23.7. The van der Waals surface area contributed by atoms with Crippen molar-refractivity contribution in [3.05, 3.63) is 218 Å². The van der Waals surface area contributed by atoms with Gasteiger partial charge >= 0.3 is 6.85 Å². The molecule has 0 saturated heterocycles. The first-order chi connectivity index (χ1) is 33.2. The molecule has 5 heteroatoms. The van der Waals surface area contributed by atoms with Gasteiger partial charge in [-0.3, -0.25) is 0 Å². The number of benzene rings is 10. The smallest absolute Gasteiger partial charge is 0.333 e. The van der Waals surface area contributed by atoms with E-state index in [0.29, 0.717) is 0 Å². The number of anilines is 6. The molecular weight excluding hydrogens is 814 g/mol. The molecule has 2 aliphatic rings. The van der Waals surface area contributed by atoms with Gasteiger partial charge in [0, 0.05) is 71.8 Å². The molecule has 0 spiro atoms. The molecule has 0 unspecified atom stereocenters. The van der Waals surface area contributed by atoms with Gasteiger partial charge < -0.3 is 18.7 Å². The van der Waals surface area contributed by atoms with Gasteiger partial charge in [0.2, 0.25) is 0 Å². The summed E-state index contributed by atoms with van der Waals surface area (Å²) >= 11 is 0. The topological polar surface area (TPSA) is 24.6 Å². The van der Waals surface area contributed by atoms with E-state index in [4.69, 9.17) is 4.42 Å². The van der Waals surface area contributed by atoms with Crippen molar-refractivity contribution in [3.63, 3.8) is 0 Å². The second-order valence-electron chi connectivity index (χ2n) is 18.2. The third-order valence-corrected chi connectivity index (χ3v) is 14.5. The summed E-state index contributed by atoms with van der Waals surface area (Å²) in [5, 5.41) is 7.27. The highest BCUT2D eigenvalue weighted by Crippen LogP contribution is 2.52. The first-order valence-electron chi connectivity index (χ1n) is 23.7. The number of fused-ring (bicyclic) bond motifs is 13. The number of aryl methyl sites for hydroxylation is 1. The second kappa shape index (κ2) is 14.9. The summed E-state index contributed by atoms with van der Waals surface area (Å²) in [5.74, 6) is 0. The van der Waals surface area contributed by atoms with Crippen LogP contribution in [0, 0.1) is 0 Å². The number of nitrogens with zero attached hydrogens (tertiary/aromatic N) is 3. The largest absolute Gasteiger partial charge is 0.454 e. The normalized spacial score (nSPS) is 12.7.